The molecule has 2 N–H and O–H groups in total. The summed E-state index contributed by atoms with van der Waals surface area (Å²) in [5.41, 5.74) is 3.27. The Morgan fingerprint density at radius 3 is 2.59 bits per heavy atom. The van der Waals surface area contributed by atoms with Crippen LogP contribution in [-0.2, 0) is 14.8 Å². The van der Waals surface area contributed by atoms with Crippen molar-refractivity contribution in [2.75, 3.05) is 24.7 Å². The van der Waals surface area contributed by atoms with E-state index < -0.39 is 10.0 Å². The van der Waals surface area contributed by atoms with Crippen molar-refractivity contribution in [3.63, 3.8) is 0 Å². The Balaban J connectivity index is 1.71. The number of benzene rings is 1. The van der Waals surface area contributed by atoms with E-state index in [1.54, 1.807) is 0 Å². The summed E-state index contributed by atoms with van der Waals surface area (Å²) < 4.78 is 27.5. The number of carbonyl (C=O) groups excluding carboxylic acids is 1. The first-order valence-corrected chi connectivity index (χ1v) is 11.7. The number of hydrogen-bond donors (Lipinski definition) is 2. The highest BCUT2D eigenvalue weighted by atomic mass is 32.2. The maximum atomic E-state index is 12.9. The maximum Gasteiger partial charge on any atom is 0.241 e. The van der Waals surface area contributed by atoms with Crippen LogP contribution in [0.1, 0.15) is 31.2 Å². The summed E-state index contributed by atoms with van der Waals surface area (Å²) in [6.45, 7) is 6.94. The maximum absolute atomic E-state index is 12.9. The molecule has 1 amide bonds. The van der Waals surface area contributed by atoms with Gasteiger partial charge in [0.2, 0.25) is 15.9 Å². The van der Waals surface area contributed by atoms with Crippen LogP contribution >= 0.6 is 0 Å². The van der Waals surface area contributed by atoms with E-state index in [2.05, 4.69) is 15.1 Å². The number of aryl methyl sites for hydroxylation is 1. The Morgan fingerprint density at radius 1 is 1.24 bits per heavy atom. The van der Waals surface area contributed by atoms with E-state index in [4.69, 9.17) is 0 Å². The Morgan fingerprint density at radius 2 is 1.93 bits per heavy atom. The Labute approximate surface area is 172 Å². The van der Waals surface area contributed by atoms with Crippen LogP contribution in [0.2, 0.25) is 0 Å². The molecule has 1 fully saturated rings. The molecule has 158 valence electrons. The second-order valence-corrected chi connectivity index (χ2v) is 9.46. The second-order valence-electron chi connectivity index (χ2n) is 7.68. The number of nitrogens with zero attached hydrogens (tertiary/aromatic N) is 3. The number of sulfonamides is 1. The molecule has 9 heteroatoms. The Kier molecular flexibility index (Phi) is 6.40. The van der Waals surface area contributed by atoms with Gasteiger partial charge in [-0.3, -0.25) is 9.69 Å². The highest BCUT2D eigenvalue weighted by molar-refractivity contribution is 7.88. The number of carbonyl (C=O) groups is 1. The predicted octanol–water partition coefficient (Wildman–Crippen LogP) is 1.83. The highest BCUT2D eigenvalue weighted by Gasteiger charge is 2.29. The fourth-order valence-electron chi connectivity index (χ4n) is 3.79. The lowest BCUT2D eigenvalue weighted by Gasteiger charge is -2.36. The molecule has 29 heavy (non-hydrogen) atoms. The molecule has 3 rings (SSSR count). The van der Waals surface area contributed by atoms with Crippen LogP contribution in [0.3, 0.4) is 0 Å². The van der Waals surface area contributed by atoms with Crippen LogP contribution in [0.5, 0.6) is 0 Å². The number of anilines is 1. The van der Waals surface area contributed by atoms with Gasteiger partial charge < -0.3 is 5.32 Å². The molecule has 0 spiro atoms. The molecule has 0 bridgehead atoms. The summed E-state index contributed by atoms with van der Waals surface area (Å²) in [5, 5.41) is 7.60. The van der Waals surface area contributed by atoms with Crippen molar-refractivity contribution >= 4 is 21.6 Å². The molecule has 0 saturated carbocycles. The van der Waals surface area contributed by atoms with Gasteiger partial charge in [0.1, 0.15) is 0 Å². The van der Waals surface area contributed by atoms with Crippen LogP contribution < -0.4 is 10.0 Å². The van der Waals surface area contributed by atoms with Crippen LogP contribution in [0, 0.1) is 13.8 Å². The smallest absolute Gasteiger partial charge is 0.241 e. The number of hydrogen-bond acceptors (Lipinski definition) is 5. The molecule has 1 aromatic heterocycles. The molecule has 8 nitrogen and oxygen atoms in total. The zero-order valence-corrected chi connectivity index (χ0v) is 18.2. The average molecular weight is 420 g/mol. The van der Waals surface area contributed by atoms with Crippen molar-refractivity contribution in [2.45, 2.75) is 45.7 Å². The number of piperidine rings is 1. The summed E-state index contributed by atoms with van der Waals surface area (Å²) in [6.07, 6.45) is 2.78. The quantitative estimate of drug-likeness (QED) is 0.745. The van der Waals surface area contributed by atoms with Gasteiger partial charge in [-0.15, -0.1) is 0 Å². The number of para-hydroxylation sites is 1. The second kappa shape index (κ2) is 8.64. The summed E-state index contributed by atoms with van der Waals surface area (Å²) >= 11 is 0. The SMILES string of the molecule is Cc1nn(-c2ccccc2)c(C)c1NC(=O)C(C)N1CCCC(NS(C)(=O)=O)C1. The molecule has 2 heterocycles. The molecule has 1 aliphatic rings. The number of nitrogens with one attached hydrogen (secondary N) is 2. The molecule has 2 aromatic rings. The monoisotopic (exact) mass is 419 g/mol. The van der Waals surface area contributed by atoms with Crippen molar-refractivity contribution in [3.8, 4) is 5.69 Å². The first-order valence-electron chi connectivity index (χ1n) is 9.79. The van der Waals surface area contributed by atoms with Crippen molar-refractivity contribution in [1.29, 1.82) is 0 Å². The number of amides is 1. The summed E-state index contributed by atoms with van der Waals surface area (Å²) in [7, 11) is -3.26. The standard InChI is InChI=1S/C20H29N5O3S/c1-14-19(15(2)25(22-14)18-10-6-5-7-11-18)21-20(26)16(3)24-12-8-9-17(13-24)23-29(4,27)28/h5-7,10-11,16-17,23H,8-9,12-13H2,1-4H3,(H,21,26). The van der Waals surface area contributed by atoms with Gasteiger partial charge in [0.25, 0.3) is 0 Å². The van der Waals surface area contributed by atoms with Gasteiger partial charge in [-0.1, -0.05) is 18.2 Å². The lowest BCUT2D eigenvalue weighted by molar-refractivity contribution is -0.121. The van der Waals surface area contributed by atoms with Crippen molar-refractivity contribution < 1.29 is 13.2 Å². The summed E-state index contributed by atoms with van der Waals surface area (Å²) in [6, 6.07) is 9.24. The third-order valence-electron chi connectivity index (χ3n) is 5.30. The summed E-state index contributed by atoms with van der Waals surface area (Å²) in [5.74, 6) is -0.121. The molecule has 2 atom stereocenters. The Hall–Kier alpha value is -2.23. The van der Waals surface area contributed by atoms with E-state index in [0.717, 1.165) is 42.7 Å². The van der Waals surface area contributed by atoms with Crippen LogP contribution in [-0.4, -0.2) is 60.4 Å². The largest absolute Gasteiger partial charge is 0.322 e. The minimum Gasteiger partial charge on any atom is -0.322 e. The van der Waals surface area contributed by atoms with E-state index in [1.165, 1.54) is 0 Å². The van der Waals surface area contributed by atoms with Gasteiger partial charge in [-0.05, 0) is 52.3 Å². The highest BCUT2D eigenvalue weighted by Crippen LogP contribution is 2.23. The first-order chi connectivity index (χ1) is 13.7. The predicted molar refractivity (Wildman–Crippen MR) is 114 cm³/mol. The lowest BCUT2D eigenvalue weighted by atomic mass is 10.0. The summed E-state index contributed by atoms with van der Waals surface area (Å²) in [4.78, 5) is 14.9. The van der Waals surface area contributed by atoms with Gasteiger partial charge in [0, 0.05) is 12.6 Å². The van der Waals surface area contributed by atoms with Gasteiger partial charge in [0.05, 0.1) is 35.1 Å². The van der Waals surface area contributed by atoms with Crippen LogP contribution in [0.15, 0.2) is 30.3 Å². The van der Waals surface area contributed by atoms with Crippen molar-refractivity contribution in [3.05, 3.63) is 41.7 Å². The number of likely N-dealkylation sites (tertiary alicyclic amines) is 1. The van der Waals surface area contributed by atoms with Gasteiger partial charge in [-0.2, -0.15) is 5.10 Å². The molecule has 1 aromatic carbocycles. The minimum absolute atomic E-state index is 0.121. The fraction of sp³-hybridized carbons (Fsp3) is 0.500. The third-order valence-corrected chi connectivity index (χ3v) is 6.06. The average Bonchev–Trinajstić information content (AvgIpc) is 2.95. The normalized spacial score (nSPS) is 19.1. The molecular weight excluding hydrogens is 390 g/mol. The molecule has 0 radical (unpaired) electrons. The lowest BCUT2D eigenvalue weighted by Crippen LogP contribution is -2.52. The van der Waals surface area contributed by atoms with Gasteiger partial charge >= 0.3 is 0 Å². The Bertz CT molecular complexity index is 972. The molecule has 2 unspecified atom stereocenters. The molecule has 0 aliphatic carbocycles. The minimum atomic E-state index is -3.26. The zero-order valence-electron chi connectivity index (χ0n) is 17.3. The molecule has 1 saturated heterocycles. The van der Waals surface area contributed by atoms with E-state index in [9.17, 15) is 13.2 Å². The van der Waals surface area contributed by atoms with E-state index >= 15 is 0 Å². The van der Waals surface area contributed by atoms with Crippen LogP contribution in [0.25, 0.3) is 5.69 Å². The molecular formula is C20H29N5O3S. The fourth-order valence-corrected chi connectivity index (χ4v) is 4.59. The number of rotatable bonds is 6. The van der Waals surface area contributed by atoms with E-state index in [-0.39, 0.29) is 18.0 Å². The van der Waals surface area contributed by atoms with Gasteiger partial charge in [0.15, 0.2) is 0 Å². The van der Waals surface area contributed by atoms with E-state index in [1.807, 2.05) is 60.7 Å². The van der Waals surface area contributed by atoms with Crippen LogP contribution in [0.4, 0.5) is 5.69 Å². The third kappa shape index (κ3) is 5.23. The molecule has 1 aliphatic heterocycles. The van der Waals surface area contributed by atoms with Crippen molar-refractivity contribution in [2.24, 2.45) is 0 Å². The zero-order chi connectivity index (χ0) is 21.2. The van der Waals surface area contributed by atoms with Gasteiger partial charge in [-0.25, -0.2) is 17.8 Å². The first kappa shape index (κ1) is 21.5. The van der Waals surface area contributed by atoms with E-state index in [0.29, 0.717) is 12.2 Å². The topological polar surface area (TPSA) is 96.3 Å². The number of aromatic nitrogens is 2. The van der Waals surface area contributed by atoms with Crippen molar-refractivity contribution in [1.82, 2.24) is 19.4 Å².